The van der Waals surface area contributed by atoms with E-state index in [-0.39, 0.29) is 29.2 Å². The Morgan fingerprint density at radius 3 is 2.49 bits per heavy atom. The van der Waals surface area contributed by atoms with Gasteiger partial charge in [0.1, 0.15) is 17.3 Å². The van der Waals surface area contributed by atoms with E-state index in [2.05, 4.69) is 4.98 Å². The molecule has 3 aromatic carbocycles. The highest BCUT2D eigenvalue weighted by Crippen LogP contribution is 2.52. The molecule has 1 atom stereocenters. The number of rotatable bonds is 6. The largest absolute Gasteiger partial charge is 0.457 e. The Kier molecular flexibility index (Phi) is 7.52. The van der Waals surface area contributed by atoms with Crippen LogP contribution in [0.15, 0.2) is 77.6 Å². The topological polar surface area (TPSA) is 95.5 Å². The average molecular weight is 610 g/mol. The average Bonchev–Trinajstić information content (AvgIpc) is 3.81. The van der Waals surface area contributed by atoms with Crippen molar-refractivity contribution in [1.82, 2.24) is 14.9 Å². The zero-order valence-corrected chi connectivity index (χ0v) is 23.6. The molecule has 11 heteroatoms. The number of aromatic amines is 1. The molecule has 0 bridgehead atoms. The molecule has 1 aliphatic heterocycles. The Bertz CT molecular complexity index is 1750. The molecule has 0 spiro atoms. The van der Waals surface area contributed by atoms with E-state index in [1.165, 1.54) is 41.3 Å². The summed E-state index contributed by atoms with van der Waals surface area (Å²) in [6, 6.07) is 18.0. The number of fused-ring (bicyclic) bond motifs is 1. The molecule has 1 aliphatic carbocycles. The molecular formula is C32H27ClF3N3O4. The van der Waals surface area contributed by atoms with Crippen LogP contribution >= 0.6 is 11.6 Å². The number of carbonyl (C=O) groups is 1. The number of aliphatic hydroxyl groups is 1. The van der Waals surface area contributed by atoms with Crippen LogP contribution in [0.5, 0.6) is 11.5 Å². The van der Waals surface area contributed by atoms with Gasteiger partial charge in [0.15, 0.2) is 6.10 Å². The van der Waals surface area contributed by atoms with E-state index in [9.17, 15) is 27.9 Å². The number of aromatic nitrogens is 2. The first-order valence-electron chi connectivity index (χ1n) is 13.8. The molecule has 1 saturated carbocycles. The van der Waals surface area contributed by atoms with E-state index in [1.54, 1.807) is 6.07 Å². The van der Waals surface area contributed by atoms with Gasteiger partial charge in [-0.15, -0.1) is 0 Å². The van der Waals surface area contributed by atoms with Crippen molar-refractivity contribution in [2.75, 3.05) is 6.54 Å². The minimum Gasteiger partial charge on any atom is -0.457 e. The molecule has 1 fully saturated rings. The first-order valence-corrected chi connectivity index (χ1v) is 14.2. The number of aryl methyl sites for hydroxylation is 1. The Morgan fingerprint density at radius 2 is 1.77 bits per heavy atom. The first kappa shape index (κ1) is 28.9. The van der Waals surface area contributed by atoms with Gasteiger partial charge in [-0.3, -0.25) is 9.59 Å². The predicted molar refractivity (Wildman–Crippen MR) is 153 cm³/mol. The second kappa shape index (κ2) is 11.2. The third-order valence-corrected chi connectivity index (χ3v) is 8.22. The van der Waals surface area contributed by atoms with Crippen molar-refractivity contribution in [2.24, 2.45) is 0 Å². The van der Waals surface area contributed by atoms with Gasteiger partial charge in [-0.05, 0) is 79.3 Å². The first-order chi connectivity index (χ1) is 20.5. The van der Waals surface area contributed by atoms with Crippen LogP contribution in [-0.4, -0.2) is 32.4 Å². The molecule has 0 saturated heterocycles. The SMILES string of the molecule is O=C(C(O)c1cccc(Oc2cccc(C(F)(F)F)c2)c1)N1CCCc2nc(C3(c4cccc(Cl)c4)CC3)[nH]c(=O)c2C1. The van der Waals surface area contributed by atoms with Gasteiger partial charge in [0.25, 0.3) is 11.5 Å². The highest BCUT2D eigenvalue weighted by molar-refractivity contribution is 6.30. The smallest absolute Gasteiger partial charge is 0.416 e. The molecule has 7 nitrogen and oxygen atoms in total. The lowest BCUT2D eigenvalue weighted by atomic mass is 9.94. The summed E-state index contributed by atoms with van der Waals surface area (Å²) < 4.78 is 44.9. The van der Waals surface area contributed by atoms with E-state index in [4.69, 9.17) is 21.3 Å². The van der Waals surface area contributed by atoms with Gasteiger partial charge in [0.2, 0.25) is 0 Å². The number of aliphatic hydroxyl groups excluding tert-OH is 1. The number of hydrogen-bond donors (Lipinski definition) is 2. The fourth-order valence-corrected chi connectivity index (χ4v) is 5.74. The highest BCUT2D eigenvalue weighted by Gasteiger charge is 2.49. The van der Waals surface area contributed by atoms with Crippen molar-refractivity contribution < 1.29 is 27.8 Å². The number of alkyl halides is 3. The van der Waals surface area contributed by atoms with E-state index in [0.29, 0.717) is 41.5 Å². The molecule has 2 heterocycles. The molecule has 222 valence electrons. The number of halogens is 4. The quantitative estimate of drug-likeness (QED) is 0.267. The van der Waals surface area contributed by atoms with Crippen molar-refractivity contribution in [1.29, 1.82) is 0 Å². The van der Waals surface area contributed by atoms with Crippen LogP contribution in [0.4, 0.5) is 13.2 Å². The minimum absolute atomic E-state index is 0.0154. The number of H-pyrrole nitrogens is 1. The lowest BCUT2D eigenvalue weighted by Crippen LogP contribution is -2.36. The number of nitrogens with zero attached hydrogens (tertiary/aromatic N) is 2. The molecular weight excluding hydrogens is 583 g/mol. The minimum atomic E-state index is -4.52. The van der Waals surface area contributed by atoms with Crippen molar-refractivity contribution in [3.8, 4) is 11.5 Å². The summed E-state index contributed by atoms with van der Waals surface area (Å²) in [5.41, 5.74) is 0.649. The van der Waals surface area contributed by atoms with Crippen molar-refractivity contribution in [3.63, 3.8) is 0 Å². The van der Waals surface area contributed by atoms with Crippen LogP contribution in [0.1, 0.15) is 59.1 Å². The second-order valence-corrected chi connectivity index (χ2v) is 11.3. The molecule has 2 aliphatic rings. The Hall–Kier alpha value is -4.15. The van der Waals surface area contributed by atoms with Crippen LogP contribution in [-0.2, 0) is 29.4 Å². The lowest BCUT2D eigenvalue weighted by Gasteiger charge is -2.24. The zero-order chi connectivity index (χ0) is 30.4. The second-order valence-electron chi connectivity index (χ2n) is 10.9. The van der Waals surface area contributed by atoms with Gasteiger partial charge < -0.3 is 19.7 Å². The van der Waals surface area contributed by atoms with Gasteiger partial charge >= 0.3 is 6.18 Å². The number of nitrogens with one attached hydrogen (secondary N) is 1. The van der Waals surface area contributed by atoms with Gasteiger partial charge in [0, 0.05) is 11.6 Å². The summed E-state index contributed by atoms with van der Waals surface area (Å²) >= 11 is 6.22. The van der Waals surface area contributed by atoms with Gasteiger partial charge in [-0.25, -0.2) is 4.98 Å². The molecule has 1 unspecified atom stereocenters. The summed E-state index contributed by atoms with van der Waals surface area (Å²) in [4.78, 5) is 36.0. The number of hydrogen-bond acceptors (Lipinski definition) is 5. The van der Waals surface area contributed by atoms with Crippen LogP contribution in [0.25, 0.3) is 0 Å². The van der Waals surface area contributed by atoms with Crippen LogP contribution in [0, 0.1) is 0 Å². The molecule has 1 aromatic heterocycles. The Labute approximate surface area is 249 Å². The monoisotopic (exact) mass is 609 g/mol. The van der Waals surface area contributed by atoms with Gasteiger partial charge in [-0.1, -0.05) is 41.9 Å². The predicted octanol–water partition coefficient (Wildman–Crippen LogP) is 6.32. The number of ether oxygens (including phenoxy) is 1. The maximum Gasteiger partial charge on any atom is 0.416 e. The standard InChI is InChI=1S/C32H27ClF3N3O4/c33-22-8-2-6-20(16-22)31(12-13-31)30-37-26-11-4-14-39(18-25(26)28(41)38-30)29(42)27(40)19-5-1-9-23(15-19)43-24-10-3-7-21(17-24)32(34,35)36/h1-3,5-10,15-17,27,40H,4,11-14,18H2,(H,37,38,41). The summed E-state index contributed by atoms with van der Waals surface area (Å²) in [6.45, 7) is 0.291. The van der Waals surface area contributed by atoms with Gasteiger partial charge in [-0.2, -0.15) is 13.2 Å². The van der Waals surface area contributed by atoms with Crippen molar-refractivity contribution >= 4 is 17.5 Å². The fourth-order valence-electron chi connectivity index (χ4n) is 5.55. The Morgan fingerprint density at radius 1 is 1.05 bits per heavy atom. The number of carbonyl (C=O) groups excluding carboxylic acids is 1. The Balaban J connectivity index is 1.20. The summed E-state index contributed by atoms with van der Waals surface area (Å²) in [5, 5.41) is 11.6. The molecule has 0 radical (unpaired) electrons. The molecule has 2 N–H and O–H groups in total. The molecule has 43 heavy (non-hydrogen) atoms. The number of amides is 1. The van der Waals surface area contributed by atoms with E-state index in [1.807, 2.05) is 18.2 Å². The van der Waals surface area contributed by atoms with E-state index >= 15 is 0 Å². The van der Waals surface area contributed by atoms with Crippen molar-refractivity contribution in [3.05, 3.63) is 122 Å². The molecule has 1 amide bonds. The van der Waals surface area contributed by atoms with Crippen LogP contribution in [0.3, 0.4) is 0 Å². The number of benzene rings is 3. The third-order valence-electron chi connectivity index (χ3n) is 7.99. The third kappa shape index (κ3) is 5.89. The van der Waals surface area contributed by atoms with Gasteiger partial charge in [0.05, 0.1) is 28.8 Å². The van der Waals surface area contributed by atoms with Crippen LogP contribution < -0.4 is 10.3 Å². The lowest BCUT2D eigenvalue weighted by molar-refractivity contribution is -0.141. The normalized spacial score (nSPS) is 16.6. The fraction of sp³-hybridized carbons (Fsp3) is 0.281. The maximum atomic E-state index is 13.4. The molecule has 4 aromatic rings. The van der Waals surface area contributed by atoms with Crippen molar-refractivity contribution in [2.45, 2.75) is 49.9 Å². The maximum absolute atomic E-state index is 13.4. The zero-order valence-electron chi connectivity index (χ0n) is 22.8. The summed E-state index contributed by atoms with van der Waals surface area (Å²) in [6.07, 6.45) is -3.38. The van der Waals surface area contributed by atoms with Crippen LogP contribution in [0.2, 0.25) is 5.02 Å². The summed E-state index contributed by atoms with van der Waals surface area (Å²) in [5.74, 6) is 0.110. The van der Waals surface area contributed by atoms with E-state index in [0.717, 1.165) is 30.5 Å². The summed E-state index contributed by atoms with van der Waals surface area (Å²) in [7, 11) is 0. The molecule has 6 rings (SSSR count). The highest BCUT2D eigenvalue weighted by atomic mass is 35.5. The van der Waals surface area contributed by atoms with E-state index < -0.39 is 29.2 Å².